The highest BCUT2D eigenvalue weighted by Gasteiger charge is 2.30. The van der Waals surface area contributed by atoms with E-state index in [9.17, 15) is 19.7 Å². The number of carbonyl (C=O) groups is 1. The third-order valence-corrected chi connectivity index (χ3v) is 6.15. The molecule has 30 heavy (non-hydrogen) atoms. The summed E-state index contributed by atoms with van der Waals surface area (Å²) in [5.74, 6) is -0.396. The zero-order chi connectivity index (χ0) is 21.4. The number of amides is 1. The first-order chi connectivity index (χ1) is 14.3. The summed E-state index contributed by atoms with van der Waals surface area (Å²) >= 11 is 7.24. The van der Waals surface area contributed by atoms with Crippen LogP contribution < -0.4 is 10.9 Å². The summed E-state index contributed by atoms with van der Waals surface area (Å²) in [5, 5.41) is 14.2. The van der Waals surface area contributed by atoms with Crippen LogP contribution >= 0.6 is 23.4 Å². The lowest BCUT2D eigenvalue weighted by molar-refractivity contribution is -0.384. The normalized spacial score (nSPS) is 14.5. The molecule has 0 aliphatic heterocycles. The van der Waals surface area contributed by atoms with Crippen molar-refractivity contribution in [2.24, 2.45) is 0 Å². The maximum absolute atomic E-state index is 12.9. The van der Waals surface area contributed by atoms with Gasteiger partial charge in [-0.15, -0.1) is 0 Å². The summed E-state index contributed by atoms with van der Waals surface area (Å²) in [4.78, 5) is 40.7. The minimum Gasteiger partial charge on any atom is -0.324 e. The molecule has 1 unspecified atom stereocenters. The van der Waals surface area contributed by atoms with Gasteiger partial charge >= 0.3 is 0 Å². The van der Waals surface area contributed by atoms with Crippen molar-refractivity contribution in [2.75, 3.05) is 5.32 Å². The third kappa shape index (κ3) is 4.03. The zero-order valence-electron chi connectivity index (χ0n) is 15.9. The Kier molecular flexibility index (Phi) is 5.48. The lowest BCUT2D eigenvalue weighted by Crippen LogP contribution is -2.26. The number of non-ortho nitro benzene ring substituents is 1. The Bertz CT molecular complexity index is 1230. The van der Waals surface area contributed by atoms with Gasteiger partial charge in [0.1, 0.15) is 0 Å². The quantitative estimate of drug-likeness (QED) is 0.261. The molecule has 10 heteroatoms. The van der Waals surface area contributed by atoms with E-state index in [0.717, 1.165) is 12.8 Å². The summed E-state index contributed by atoms with van der Waals surface area (Å²) in [5.41, 5.74) is 0.458. The second-order valence-corrected chi connectivity index (χ2v) is 8.70. The van der Waals surface area contributed by atoms with E-state index in [1.54, 1.807) is 29.7 Å². The van der Waals surface area contributed by atoms with Crippen molar-refractivity contribution in [2.45, 2.75) is 36.2 Å². The highest BCUT2D eigenvalue weighted by molar-refractivity contribution is 8.00. The van der Waals surface area contributed by atoms with Gasteiger partial charge in [0.2, 0.25) is 5.91 Å². The van der Waals surface area contributed by atoms with E-state index in [2.05, 4.69) is 10.3 Å². The monoisotopic (exact) mass is 444 g/mol. The number of hydrogen-bond donors (Lipinski definition) is 1. The largest absolute Gasteiger partial charge is 0.324 e. The molecule has 0 radical (unpaired) electrons. The number of nitrogens with one attached hydrogen (secondary N) is 1. The Morgan fingerprint density at radius 2 is 2.07 bits per heavy atom. The summed E-state index contributed by atoms with van der Waals surface area (Å²) in [6.07, 6.45) is 1.80. The molecule has 1 atom stereocenters. The number of carbonyl (C=O) groups excluding carboxylic acids is 1. The number of aromatic nitrogens is 2. The molecule has 154 valence electrons. The van der Waals surface area contributed by atoms with Crippen molar-refractivity contribution >= 4 is 51.5 Å². The number of anilines is 1. The molecular formula is C20H17ClN4O4S. The fourth-order valence-corrected chi connectivity index (χ4v) is 4.18. The van der Waals surface area contributed by atoms with Gasteiger partial charge in [0.15, 0.2) is 5.16 Å². The molecule has 1 aromatic heterocycles. The molecule has 1 saturated carbocycles. The van der Waals surface area contributed by atoms with Crippen LogP contribution in [0.4, 0.5) is 11.4 Å². The van der Waals surface area contributed by atoms with E-state index >= 15 is 0 Å². The molecule has 3 aromatic rings. The van der Waals surface area contributed by atoms with Crippen LogP contribution in [-0.4, -0.2) is 25.6 Å². The molecule has 1 aliphatic carbocycles. The zero-order valence-corrected chi connectivity index (χ0v) is 17.4. The second-order valence-electron chi connectivity index (χ2n) is 6.99. The van der Waals surface area contributed by atoms with Crippen molar-refractivity contribution < 1.29 is 9.72 Å². The van der Waals surface area contributed by atoms with Gasteiger partial charge in [0.05, 0.1) is 31.8 Å². The minimum atomic E-state index is -0.613. The number of fused-ring (bicyclic) bond motifs is 1. The first-order valence-corrected chi connectivity index (χ1v) is 10.5. The van der Waals surface area contributed by atoms with E-state index in [0.29, 0.717) is 16.1 Å². The molecule has 1 heterocycles. The number of benzene rings is 2. The number of halogens is 1. The molecule has 1 amide bonds. The number of hydrogen-bond acceptors (Lipinski definition) is 6. The molecule has 0 spiro atoms. The van der Waals surface area contributed by atoms with Gasteiger partial charge in [-0.3, -0.25) is 24.3 Å². The van der Waals surface area contributed by atoms with E-state index in [4.69, 9.17) is 11.6 Å². The molecule has 1 aliphatic rings. The lowest BCUT2D eigenvalue weighted by atomic mass is 10.2. The summed E-state index contributed by atoms with van der Waals surface area (Å²) in [7, 11) is 0. The van der Waals surface area contributed by atoms with Crippen LogP contribution in [0.5, 0.6) is 0 Å². The maximum atomic E-state index is 12.9. The van der Waals surface area contributed by atoms with E-state index in [1.165, 1.54) is 30.0 Å². The molecule has 8 nitrogen and oxygen atoms in total. The number of nitro groups is 1. The Morgan fingerprint density at radius 1 is 1.33 bits per heavy atom. The van der Waals surface area contributed by atoms with Crippen LogP contribution in [-0.2, 0) is 4.79 Å². The minimum absolute atomic E-state index is 0.0959. The molecule has 1 N–H and O–H groups in total. The third-order valence-electron chi connectivity index (χ3n) is 4.76. The Hall–Kier alpha value is -2.91. The SMILES string of the molecule is CC(Sc1nc2ccccc2c(=O)n1C1CC1)C(=O)Nc1cc([N+](=O)[O-])ccc1Cl. The van der Waals surface area contributed by atoms with Crippen LogP contribution in [0.3, 0.4) is 0 Å². The smallest absolute Gasteiger partial charge is 0.271 e. The summed E-state index contributed by atoms with van der Waals surface area (Å²) in [6, 6.07) is 11.1. The van der Waals surface area contributed by atoms with Gasteiger partial charge in [-0.1, -0.05) is 35.5 Å². The first-order valence-electron chi connectivity index (χ1n) is 9.28. The van der Waals surface area contributed by atoms with Gasteiger partial charge in [-0.25, -0.2) is 4.98 Å². The van der Waals surface area contributed by atoms with Crippen molar-refractivity contribution in [1.29, 1.82) is 0 Å². The molecular weight excluding hydrogens is 428 g/mol. The van der Waals surface area contributed by atoms with E-state index in [-0.39, 0.29) is 28.0 Å². The van der Waals surface area contributed by atoms with Crippen LogP contribution in [0, 0.1) is 10.1 Å². The Balaban J connectivity index is 1.60. The van der Waals surface area contributed by atoms with Crippen molar-refractivity contribution in [3.63, 3.8) is 0 Å². The molecule has 1 fully saturated rings. The second kappa shape index (κ2) is 8.08. The average Bonchev–Trinajstić information content (AvgIpc) is 3.54. The standard InChI is InChI=1S/C20H17ClN4O4S/c1-11(18(26)22-17-10-13(25(28)29)8-9-15(17)21)30-20-23-16-5-3-2-4-14(16)19(27)24(20)12-6-7-12/h2-5,8-12H,6-7H2,1H3,(H,22,26). The highest BCUT2D eigenvalue weighted by Crippen LogP contribution is 2.38. The van der Waals surface area contributed by atoms with Crippen LogP contribution in [0.1, 0.15) is 25.8 Å². The predicted molar refractivity (Wildman–Crippen MR) is 116 cm³/mol. The van der Waals surface area contributed by atoms with E-state index < -0.39 is 16.1 Å². The van der Waals surface area contributed by atoms with Crippen molar-refractivity contribution in [1.82, 2.24) is 9.55 Å². The number of nitrogens with zero attached hydrogens (tertiary/aromatic N) is 3. The van der Waals surface area contributed by atoms with Gasteiger partial charge < -0.3 is 5.32 Å². The number of para-hydroxylation sites is 1. The molecule has 0 saturated heterocycles. The Morgan fingerprint density at radius 3 is 2.77 bits per heavy atom. The van der Waals surface area contributed by atoms with E-state index in [1.807, 2.05) is 6.07 Å². The average molecular weight is 445 g/mol. The number of thioether (sulfide) groups is 1. The first kappa shape index (κ1) is 20.4. The highest BCUT2D eigenvalue weighted by atomic mass is 35.5. The molecule has 4 rings (SSSR count). The maximum Gasteiger partial charge on any atom is 0.271 e. The number of rotatable bonds is 6. The Labute approximate surface area is 180 Å². The fourth-order valence-electron chi connectivity index (χ4n) is 3.03. The predicted octanol–water partition coefficient (Wildman–Crippen LogP) is 4.41. The topological polar surface area (TPSA) is 107 Å². The van der Waals surface area contributed by atoms with Gasteiger partial charge in [0.25, 0.3) is 11.2 Å². The van der Waals surface area contributed by atoms with Gasteiger partial charge in [-0.05, 0) is 38.0 Å². The number of nitro benzene ring substituents is 1. The van der Waals surface area contributed by atoms with Crippen LogP contribution in [0.15, 0.2) is 52.4 Å². The summed E-state index contributed by atoms with van der Waals surface area (Å²) in [6.45, 7) is 1.68. The fraction of sp³-hybridized carbons (Fsp3) is 0.250. The van der Waals surface area contributed by atoms with Crippen molar-refractivity contribution in [3.05, 3.63) is 68.0 Å². The lowest BCUT2D eigenvalue weighted by Gasteiger charge is -2.16. The molecule has 0 bridgehead atoms. The van der Waals surface area contributed by atoms with Crippen LogP contribution in [0.2, 0.25) is 5.02 Å². The van der Waals surface area contributed by atoms with Crippen molar-refractivity contribution in [3.8, 4) is 0 Å². The van der Waals surface area contributed by atoms with Gasteiger partial charge in [0, 0.05) is 18.2 Å². The molecule has 2 aromatic carbocycles. The summed E-state index contributed by atoms with van der Waals surface area (Å²) < 4.78 is 1.66. The van der Waals surface area contributed by atoms with Gasteiger partial charge in [-0.2, -0.15) is 0 Å². The van der Waals surface area contributed by atoms with Crippen LogP contribution in [0.25, 0.3) is 10.9 Å².